The smallest absolute Gasteiger partial charge is 0.312 e. The second kappa shape index (κ2) is 4.09. The summed E-state index contributed by atoms with van der Waals surface area (Å²) in [5.74, 6) is -1.19. The normalized spacial score (nSPS) is 14.7. The van der Waals surface area contributed by atoms with Gasteiger partial charge in [-0.2, -0.15) is 4.57 Å². The summed E-state index contributed by atoms with van der Waals surface area (Å²) < 4.78 is 1.69. The van der Waals surface area contributed by atoms with Gasteiger partial charge in [0, 0.05) is 6.07 Å². The molecule has 0 saturated carbocycles. The maximum absolute atomic E-state index is 10.7. The lowest BCUT2D eigenvalue weighted by atomic mass is 10.0. The Balaban J connectivity index is 2.89. The van der Waals surface area contributed by atoms with Gasteiger partial charge in [-0.15, -0.1) is 0 Å². The lowest BCUT2D eigenvalue weighted by Crippen LogP contribution is -2.42. The lowest BCUT2D eigenvalue weighted by Gasteiger charge is -2.10. The summed E-state index contributed by atoms with van der Waals surface area (Å²) in [6.45, 7) is 3.45. The Bertz CT molecular complexity index is 338. The van der Waals surface area contributed by atoms with Gasteiger partial charge in [-0.25, -0.2) is 0 Å². The number of carboxylic acid groups (broad SMARTS) is 1. The minimum Gasteiger partial charge on any atom is -0.503 e. The average Bonchev–Trinajstić information content (AvgIpc) is 2.15. The third-order valence-corrected chi connectivity index (χ3v) is 2.39. The molecule has 0 saturated heterocycles. The van der Waals surface area contributed by atoms with Crippen LogP contribution in [0.15, 0.2) is 24.5 Å². The van der Waals surface area contributed by atoms with Crippen LogP contribution in [0.5, 0.6) is 5.75 Å². The van der Waals surface area contributed by atoms with Crippen molar-refractivity contribution in [1.82, 2.24) is 0 Å². The van der Waals surface area contributed by atoms with E-state index < -0.39 is 11.9 Å². The monoisotopic (exact) mass is 196 g/mol. The summed E-state index contributed by atoms with van der Waals surface area (Å²) in [5.41, 5.74) is 0. The van der Waals surface area contributed by atoms with Crippen molar-refractivity contribution in [1.29, 1.82) is 0 Å². The molecule has 4 nitrogen and oxygen atoms in total. The number of aromatic hydroxyl groups is 1. The Hall–Kier alpha value is -1.58. The van der Waals surface area contributed by atoms with Crippen LogP contribution in [-0.2, 0) is 4.79 Å². The van der Waals surface area contributed by atoms with Crippen molar-refractivity contribution in [3.05, 3.63) is 24.5 Å². The number of carboxylic acids is 1. The van der Waals surface area contributed by atoms with E-state index in [0.717, 1.165) is 0 Å². The van der Waals surface area contributed by atoms with Crippen molar-refractivity contribution in [3.63, 3.8) is 0 Å². The molecule has 4 heteroatoms. The second-order valence-electron chi connectivity index (χ2n) is 3.38. The average molecular weight is 196 g/mol. The first-order valence-electron chi connectivity index (χ1n) is 4.45. The van der Waals surface area contributed by atoms with Gasteiger partial charge in [0.2, 0.25) is 6.20 Å². The third-order valence-electron chi connectivity index (χ3n) is 2.39. The van der Waals surface area contributed by atoms with Crippen LogP contribution in [-0.4, -0.2) is 16.2 Å². The van der Waals surface area contributed by atoms with Gasteiger partial charge in [-0.1, -0.05) is 0 Å². The number of hydrogen-bond acceptors (Lipinski definition) is 2. The van der Waals surface area contributed by atoms with E-state index in [4.69, 9.17) is 5.11 Å². The van der Waals surface area contributed by atoms with Crippen LogP contribution >= 0.6 is 0 Å². The highest BCUT2D eigenvalue weighted by atomic mass is 16.4. The Morgan fingerprint density at radius 2 is 2.14 bits per heavy atom. The van der Waals surface area contributed by atoms with Crippen molar-refractivity contribution in [2.24, 2.45) is 5.92 Å². The quantitative estimate of drug-likeness (QED) is 0.708. The molecular formula is C10H14NO3+. The molecular weight excluding hydrogens is 182 g/mol. The summed E-state index contributed by atoms with van der Waals surface area (Å²) in [7, 11) is 0. The molecule has 0 fully saturated rings. The topological polar surface area (TPSA) is 61.4 Å². The Kier molecular flexibility index (Phi) is 3.06. The van der Waals surface area contributed by atoms with Crippen LogP contribution in [0.3, 0.4) is 0 Å². The van der Waals surface area contributed by atoms with Gasteiger partial charge in [-0.05, 0) is 19.9 Å². The number of hydrogen-bond donors (Lipinski definition) is 2. The maximum Gasteiger partial charge on any atom is 0.312 e. The highest BCUT2D eigenvalue weighted by Gasteiger charge is 2.26. The molecule has 1 aromatic rings. The number of aromatic nitrogens is 1. The molecule has 2 atom stereocenters. The molecule has 76 valence electrons. The third kappa shape index (κ3) is 2.22. The molecule has 0 bridgehead atoms. The van der Waals surface area contributed by atoms with Crippen molar-refractivity contribution in [3.8, 4) is 5.75 Å². The first-order valence-corrected chi connectivity index (χ1v) is 4.45. The van der Waals surface area contributed by atoms with E-state index in [1.807, 2.05) is 0 Å². The summed E-state index contributed by atoms with van der Waals surface area (Å²) in [6, 6.07) is 3.05. The van der Waals surface area contributed by atoms with Crippen molar-refractivity contribution in [2.75, 3.05) is 0 Å². The first-order chi connectivity index (χ1) is 6.52. The molecule has 0 spiro atoms. The van der Waals surface area contributed by atoms with Gasteiger partial charge >= 0.3 is 5.97 Å². The van der Waals surface area contributed by atoms with E-state index in [9.17, 15) is 9.90 Å². The highest BCUT2D eigenvalue weighted by molar-refractivity contribution is 5.69. The zero-order valence-electron chi connectivity index (χ0n) is 8.21. The van der Waals surface area contributed by atoms with Crippen molar-refractivity contribution < 1.29 is 19.6 Å². The van der Waals surface area contributed by atoms with E-state index in [0.29, 0.717) is 0 Å². The van der Waals surface area contributed by atoms with Crippen LogP contribution in [0.1, 0.15) is 19.9 Å². The van der Waals surface area contributed by atoms with Gasteiger partial charge < -0.3 is 10.2 Å². The first kappa shape index (κ1) is 10.5. The number of rotatable bonds is 3. The van der Waals surface area contributed by atoms with Gasteiger partial charge in [-0.3, -0.25) is 4.79 Å². The fraction of sp³-hybridized carbons (Fsp3) is 0.400. The molecule has 1 rings (SSSR count). The van der Waals surface area contributed by atoms with Crippen LogP contribution in [0.4, 0.5) is 0 Å². The number of pyridine rings is 1. The minimum atomic E-state index is -0.839. The molecule has 0 aliphatic carbocycles. The van der Waals surface area contributed by atoms with Gasteiger partial charge in [0.05, 0.1) is 0 Å². The molecule has 0 amide bonds. The van der Waals surface area contributed by atoms with Gasteiger partial charge in [0.25, 0.3) is 0 Å². The molecule has 0 aliphatic heterocycles. The zero-order chi connectivity index (χ0) is 10.7. The number of nitrogens with zero attached hydrogens (tertiary/aromatic N) is 1. The van der Waals surface area contributed by atoms with Crippen LogP contribution < -0.4 is 4.57 Å². The predicted octanol–water partition coefficient (Wildman–Crippen LogP) is 0.961. The SMILES string of the molecule is CC(C(=O)O)C(C)[n+]1cccc(O)c1. The molecule has 14 heavy (non-hydrogen) atoms. The number of carbonyl (C=O) groups is 1. The standard InChI is InChI=1S/C10H13NO3/c1-7(10(13)14)8(2)11-5-3-4-9(12)6-11/h3-8H,1-2H3,(H-,12,13,14)/p+1. The van der Waals surface area contributed by atoms with Gasteiger partial charge in [0.1, 0.15) is 5.92 Å². The summed E-state index contributed by atoms with van der Waals surface area (Å²) in [6.07, 6.45) is 3.26. The Morgan fingerprint density at radius 1 is 1.50 bits per heavy atom. The largest absolute Gasteiger partial charge is 0.503 e. The van der Waals surface area contributed by atoms with Crippen LogP contribution in [0, 0.1) is 5.92 Å². The maximum atomic E-state index is 10.7. The lowest BCUT2D eigenvalue weighted by molar-refractivity contribution is -0.724. The van der Waals surface area contributed by atoms with E-state index in [1.54, 1.807) is 36.7 Å². The van der Waals surface area contributed by atoms with E-state index in [2.05, 4.69) is 0 Å². The Labute approximate surface area is 82.4 Å². The fourth-order valence-electron chi connectivity index (χ4n) is 1.20. The zero-order valence-corrected chi connectivity index (χ0v) is 8.21. The van der Waals surface area contributed by atoms with Crippen LogP contribution in [0.2, 0.25) is 0 Å². The highest BCUT2D eigenvalue weighted by Crippen LogP contribution is 2.12. The van der Waals surface area contributed by atoms with E-state index >= 15 is 0 Å². The molecule has 1 heterocycles. The van der Waals surface area contributed by atoms with Crippen molar-refractivity contribution >= 4 is 5.97 Å². The second-order valence-corrected chi connectivity index (χ2v) is 3.38. The number of aliphatic carboxylic acids is 1. The summed E-state index contributed by atoms with van der Waals surface area (Å²) in [4.78, 5) is 10.7. The Morgan fingerprint density at radius 3 is 2.64 bits per heavy atom. The predicted molar refractivity (Wildman–Crippen MR) is 49.8 cm³/mol. The fourth-order valence-corrected chi connectivity index (χ4v) is 1.20. The molecule has 2 unspecified atom stereocenters. The molecule has 0 radical (unpaired) electrons. The minimum absolute atomic E-state index is 0.136. The summed E-state index contributed by atoms with van der Waals surface area (Å²) >= 11 is 0. The van der Waals surface area contributed by atoms with Crippen molar-refractivity contribution in [2.45, 2.75) is 19.9 Å². The van der Waals surface area contributed by atoms with E-state index in [-0.39, 0.29) is 11.8 Å². The molecule has 1 aromatic heterocycles. The summed E-state index contributed by atoms with van der Waals surface area (Å²) in [5, 5.41) is 18.0. The van der Waals surface area contributed by atoms with Gasteiger partial charge in [0.15, 0.2) is 18.0 Å². The van der Waals surface area contributed by atoms with E-state index in [1.165, 1.54) is 6.20 Å². The molecule has 0 aliphatic rings. The van der Waals surface area contributed by atoms with Crippen LogP contribution in [0.25, 0.3) is 0 Å². The molecule has 0 aromatic carbocycles. The molecule has 2 N–H and O–H groups in total.